The van der Waals surface area contributed by atoms with Crippen LogP contribution in [-0.4, -0.2) is 23.3 Å². The molecule has 2 N–H and O–H groups in total. The van der Waals surface area contributed by atoms with E-state index >= 15 is 0 Å². The van der Waals surface area contributed by atoms with Gasteiger partial charge in [-0.3, -0.25) is 14.5 Å². The third-order valence-corrected chi connectivity index (χ3v) is 4.54. The monoisotopic (exact) mass is 272 g/mol. The first-order chi connectivity index (χ1) is 9.66. The van der Waals surface area contributed by atoms with Gasteiger partial charge in [-0.05, 0) is 37.0 Å². The number of fused-ring (bicyclic) bond motifs is 1. The minimum Gasteiger partial charge on any atom is -0.399 e. The number of nitrogens with two attached hydrogens (primary N) is 1. The van der Waals surface area contributed by atoms with Gasteiger partial charge in [-0.2, -0.15) is 0 Å². The molecule has 4 nitrogen and oxygen atoms in total. The number of hydrogen-bond donors (Lipinski definition) is 1. The molecule has 0 bridgehead atoms. The predicted octanol–water partition coefficient (Wildman–Crippen LogP) is 1.99. The fraction of sp³-hybridized carbons (Fsp3) is 0.500. The summed E-state index contributed by atoms with van der Waals surface area (Å²) in [5.74, 6) is 0.0237. The van der Waals surface area contributed by atoms with E-state index in [2.05, 4.69) is 0 Å². The summed E-state index contributed by atoms with van der Waals surface area (Å²) >= 11 is 0. The smallest absolute Gasteiger partial charge is 0.233 e. The molecule has 1 saturated carbocycles. The Labute approximate surface area is 118 Å². The van der Waals surface area contributed by atoms with Gasteiger partial charge in [0.25, 0.3) is 0 Å². The molecule has 1 saturated heterocycles. The van der Waals surface area contributed by atoms with Crippen molar-refractivity contribution in [2.24, 2.45) is 11.8 Å². The summed E-state index contributed by atoms with van der Waals surface area (Å²) in [7, 11) is 0. The topological polar surface area (TPSA) is 63.4 Å². The van der Waals surface area contributed by atoms with Crippen LogP contribution in [0.15, 0.2) is 24.3 Å². The number of nitrogen functional groups attached to an aromatic ring is 1. The van der Waals surface area contributed by atoms with Gasteiger partial charge in [0.05, 0.1) is 11.8 Å². The van der Waals surface area contributed by atoms with Gasteiger partial charge in [0.15, 0.2) is 0 Å². The molecule has 1 aromatic carbocycles. The number of anilines is 1. The highest BCUT2D eigenvalue weighted by atomic mass is 16.2. The first-order valence-corrected chi connectivity index (χ1v) is 7.36. The van der Waals surface area contributed by atoms with Crippen molar-refractivity contribution >= 4 is 17.5 Å². The molecule has 1 aliphatic heterocycles. The number of benzene rings is 1. The molecule has 2 aliphatic rings. The second-order valence-electron chi connectivity index (χ2n) is 5.82. The van der Waals surface area contributed by atoms with E-state index in [-0.39, 0.29) is 23.7 Å². The Kier molecular flexibility index (Phi) is 3.47. The number of imide groups is 1. The number of amides is 2. The van der Waals surface area contributed by atoms with Crippen molar-refractivity contribution < 1.29 is 9.59 Å². The molecule has 1 aliphatic carbocycles. The molecule has 4 heteroatoms. The molecule has 2 fully saturated rings. The van der Waals surface area contributed by atoms with E-state index in [4.69, 9.17) is 5.73 Å². The van der Waals surface area contributed by atoms with Crippen molar-refractivity contribution in [3.8, 4) is 0 Å². The van der Waals surface area contributed by atoms with Crippen molar-refractivity contribution in [1.29, 1.82) is 0 Å². The molecular weight excluding hydrogens is 252 g/mol. The molecule has 3 rings (SSSR count). The van der Waals surface area contributed by atoms with Crippen molar-refractivity contribution in [3.63, 3.8) is 0 Å². The highest BCUT2D eigenvalue weighted by Gasteiger charge is 2.47. The number of hydrogen-bond acceptors (Lipinski definition) is 3. The Hall–Kier alpha value is -1.84. The second-order valence-corrected chi connectivity index (χ2v) is 5.82. The summed E-state index contributed by atoms with van der Waals surface area (Å²) in [5, 5.41) is 0. The van der Waals surface area contributed by atoms with Gasteiger partial charge in [0.2, 0.25) is 11.8 Å². The van der Waals surface area contributed by atoms with Crippen LogP contribution in [0.25, 0.3) is 0 Å². The minimum atomic E-state index is -0.0392. The first-order valence-electron chi connectivity index (χ1n) is 7.36. The molecule has 2 amide bonds. The number of carbonyl (C=O) groups excluding carboxylic acids is 2. The van der Waals surface area contributed by atoms with Crippen molar-refractivity contribution in [2.45, 2.75) is 32.1 Å². The van der Waals surface area contributed by atoms with E-state index < -0.39 is 0 Å². The van der Waals surface area contributed by atoms with Gasteiger partial charge in [-0.15, -0.1) is 0 Å². The van der Waals surface area contributed by atoms with Crippen LogP contribution in [0.3, 0.4) is 0 Å². The standard InChI is InChI=1S/C16H20N2O2/c17-12-7-5-11(6-8-12)9-10-18-15(19)13-3-1-2-4-14(13)16(18)20/h5-8,13-14H,1-4,9-10,17H2. The lowest BCUT2D eigenvalue weighted by molar-refractivity contribution is -0.139. The van der Waals surface area contributed by atoms with E-state index in [1.54, 1.807) is 0 Å². The zero-order valence-electron chi connectivity index (χ0n) is 11.5. The normalized spacial score (nSPS) is 25.9. The Morgan fingerprint density at radius 2 is 1.55 bits per heavy atom. The van der Waals surface area contributed by atoms with E-state index in [1.165, 1.54) is 4.90 Å². The Balaban J connectivity index is 1.66. The molecule has 0 radical (unpaired) electrons. The van der Waals surface area contributed by atoms with E-state index in [0.29, 0.717) is 13.0 Å². The number of rotatable bonds is 3. The third kappa shape index (κ3) is 2.30. The fourth-order valence-electron chi connectivity index (χ4n) is 3.38. The van der Waals surface area contributed by atoms with Gasteiger partial charge in [0.1, 0.15) is 0 Å². The molecule has 20 heavy (non-hydrogen) atoms. The molecule has 0 spiro atoms. The molecule has 106 valence electrons. The second kappa shape index (κ2) is 5.27. The molecule has 0 aromatic heterocycles. The lowest BCUT2D eigenvalue weighted by Gasteiger charge is -2.19. The van der Waals surface area contributed by atoms with Crippen LogP contribution in [0.5, 0.6) is 0 Å². The van der Waals surface area contributed by atoms with Crippen LogP contribution in [0.4, 0.5) is 5.69 Å². The Morgan fingerprint density at radius 1 is 1.00 bits per heavy atom. The average Bonchev–Trinajstić information content (AvgIpc) is 2.71. The molecular formula is C16H20N2O2. The van der Waals surface area contributed by atoms with Gasteiger partial charge < -0.3 is 5.73 Å². The number of nitrogens with zero attached hydrogens (tertiary/aromatic N) is 1. The van der Waals surface area contributed by atoms with Crippen LogP contribution < -0.4 is 5.73 Å². The van der Waals surface area contributed by atoms with E-state index in [1.807, 2.05) is 24.3 Å². The maximum Gasteiger partial charge on any atom is 0.233 e. The molecule has 2 atom stereocenters. The number of carbonyl (C=O) groups is 2. The van der Waals surface area contributed by atoms with Crippen LogP contribution >= 0.6 is 0 Å². The average molecular weight is 272 g/mol. The molecule has 1 heterocycles. The maximum atomic E-state index is 12.3. The Morgan fingerprint density at radius 3 is 2.10 bits per heavy atom. The zero-order chi connectivity index (χ0) is 14.1. The van der Waals surface area contributed by atoms with Gasteiger partial charge in [0, 0.05) is 12.2 Å². The Bertz CT molecular complexity index is 500. The van der Waals surface area contributed by atoms with Crippen LogP contribution in [0, 0.1) is 11.8 Å². The summed E-state index contributed by atoms with van der Waals surface area (Å²) in [4.78, 5) is 26.1. The summed E-state index contributed by atoms with van der Waals surface area (Å²) in [6.07, 6.45) is 4.62. The maximum absolute atomic E-state index is 12.3. The summed E-state index contributed by atoms with van der Waals surface area (Å²) < 4.78 is 0. The highest BCUT2D eigenvalue weighted by molar-refractivity contribution is 6.05. The lowest BCUT2D eigenvalue weighted by atomic mass is 9.81. The van der Waals surface area contributed by atoms with E-state index in [0.717, 1.165) is 36.9 Å². The highest BCUT2D eigenvalue weighted by Crippen LogP contribution is 2.37. The third-order valence-electron chi connectivity index (χ3n) is 4.54. The quantitative estimate of drug-likeness (QED) is 0.676. The van der Waals surface area contributed by atoms with E-state index in [9.17, 15) is 9.59 Å². The summed E-state index contributed by atoms with van der Waals surface area (Å²) in [5.41, 5.74) is 7.49. The first kappa shape index (κ1) is 13.2. The SMILES string of the molecule is Nc1ccc(CCN2C(=O)C3CCCCC3C2=O)cc1. The zero-order valence-corrected chi connectivity index (χ0v) is 11.5. The van der Waals surface area contributed by atoms with Crippen molar-refractivity contribution in [1.82, 2.24) is 4.90 Å². The van der Waals surface area contributed by atoms with Crippen molar-refractivity contribution in [2.75, 3.05) is 12.3 Å². The van der Waals surface area contributed by atoms with Crippen LogP contribution in [-0.2, 0) is 16.0 Å². The van der Waals surface area contributed by atoms with Crippen molar-refractivity contribution in [3.05, 3.63) is 29.8 Å². The molecule has 2 unspecified atom stereocenters. The van der Waals surface area contributed by atoms with Gasteiger partial charge >= 0.3 is 0 Å². The fourth-order valence-corrected chi connectivity index (χ4v) is 3.38. The van der Waals surface area contributed by atoms with Crippen LogP contribution in [0.2, 0.25) is 0 Å². The number of likely N-dealkylation sites (tertiary alicyclic amines) is 1. The largest absolute Gasteiger partial charge is 0.399 e. The molecule has 1 aromatic rings. The lowest BCUT2D eigenvalue weighted by Crippen LogP contribution is -2.33. The summed E-state index contributed by atoms with van der Waals surface area (Å²) in [6.45, 7) is 0.495. The van der Waals surface area contributed by atoms with Gasteiger partial charge in [-0.25, -0.2) is 0 Å². The van der Waals surface area contributed by atoms with Crippen LogP contribution in [0.1, 0.15) is 31.2 Å². The minimum absolute atomic E-state index is 0.0392. The summed E-state index contributed by atoms with van der Waals surface area (Å²) in [6, 6.07) is 7.60. The predicted molar refractivity (Wildman–Crippen MR) is 76.7 cm³/mol. The van der Waals surface area contributed by atoms with Gasteiger partial charge in [-0.1, -0.05) is 25.0 Å².